The maximum Gasteiger partial charge on any atom is 0.422 e. The standard InChI is InChI=1S/C11H7F3N2O3S/c12-11(13,14)5-19-8-6(2-1-3-15-8)9-16-7(4-20-9)10(17)18/h1-4H,5H2,(H,17,18). The molecule has 1 N–H and O–H groups in total. The molecule has 0 unspecified atom stereocenters. The van der Waals surface area contributed by atoms with Gasteiger partial charge in [0.2, 0.25) is 5.88 Å². The van der Waals surface area contributed by atoms with E-state index in [4.69, 9.17) is 5.11 Å². The minimum absolute atomic E-state index is 0.185. The molecule has 2 aromatic rings. The first-order valence-corrected chi connectivity index (χ1v) is 6.08. The van der Waals surface area contributed by atoms with Crippen molar-refractivity contribution < 1.29 is 27.8 Å². The summed E-state index contributed by atoms with van der Waals surface area (Å²) in [5.74, 6) is -1.45. The Morgan fingerprint density at radius 1 is 1.45 bits per heavy atom. The van der Waals surface area contributed by atoms with Crippen LogP contribution >= 0.6 is 11.3 Å². The molecule has 106 valence electrons. The molecule has 0 bridgehead atoms. The molecule has 9 heteroatoms. The van der Waals surface area contributed by atoms with Gasteiger partial charge in [-0.15, -0.1) is 11.3 Å². The zero-order chi connectivity index (χ0) is 14.8. The molecule has 2 rings (SSSR count). The van der Waals surface area contributed by atoms with E-state index in [1.807, 2.05) is 0 Å². The third-order valence-corrected chi connectivity index (χ3v) is 2.97. The monoisotopic (exact) mass is 304 g/mol. The van der Waals surface area contributed by atoms with Gasteiger partial charge in [-0.05, 0) is 12.1 Å². The van der Waals surface area contributed by atoms with Crippen molar-refractivity contribution in [3.63, 3.8) is 0 Å². The second-order valence-corrected chi connectivity index (χ2v) is 4.46. The summed E-state index contributed by atoms with van der Waals surface area (Å²) < 4.78 is 41.0. The predicted molar refractivity (Wildman–Crippen MR) is 63.9 cm³/mol. The highest BCUT2D eigenvalue weighted by Gasteiger charge is 2.29. The highest BCUT2D eigenvalue weighted by molar-refractivity contribution is 7.13. The number of alkyl halides is 3. The van der Waals surface area contributed by atoms with Gasteiger partial charge in [0.1, 0.15) is 5.01 Å². The van der Waals surface area contributed by atoms with Gasteiger partial charge in [0.15, 0.2) is 12.3 Å². The SMILES string of the molecule is O=C(O)c1csc(-c2cccnc2OCC(F)(F)F)n1. The summed E-state index contributed by atoms with van der Waals surface area (Å²) in [5, 5.41) is 10.3. The number of carboxylic acid groups (broad SMARTS) is 1. The minimum atomic E-state index is -4.48. The van der Waals surface area contributed by atoms with E-state index in [1.165, 1.54) is 23.7 Å². The molecule has 0 fully saturated rings. The zero-order valence-corrected chi connectivity index (χ0v) is 10.5. The van der Waals surface area contributed by atoms with Gasteiger partial charge in [0.25, 0.3) is 0 Å². The number of aromatic nitrogens is 2. The summed E-state index contributed by atoms with van der Waals surface area (Å²) in [5.41, 5.74) is 0.0323. The summed E-state index contributed by atoms with van der Waals surface area (Å²) >= 11 is 0.985. The van der Waals surface area contributed by atoms with Crippen LogP contribution in [0.5, 0.6) is 5.88 Å². The van der Waals surface area contributed by atoms with Crippen LogP contribution in [-0.2, 0) is 0 Å². The number of ether oxygens (including phenoxy) is 1. The summed E-state index contributed by atoms with van der Waals surface area (Å²) in [4.78, 5) is 18.2. The Bertz CT molecular complexity index is 627. The lowest BCUT2D eigenvalue weighted by Gasteiger charge is -2.10. The lowest BCUT2D eigenvalue weighted by molar-refractivity contribution is -0.154. The Kier molecular flexibility index (Phi) is 3.89. The van der Waals surface area contributed by atoms with E-state index in [-0.39, 0.29) is 22.1 Å². The Morgan fingerprint density at radius 3 is 2.80 bits per heavy atom. The Balaban J connectivity index is 2.29. The molecule has 0 amide bonds. The van der Waals surface area contributed by atoms with Crippen molar-refractivity contribution in [1.82, 2.24) is 9.97 Å². The smallest absolute Gasteiger partial charge is 0.422 e. The number of carbonyl (C=O) groups is 1. The average Bonchev–Trinajstić information content (AvgIpc) is 2.85. The van der Waals surface area contributed by atoms with E-state index >= 15 is 0 Å². The Labute approximate surface area is 114 Å². The van der Waals surface area contributed by atoms with Gasteiger partial charge >= 0.3 is 12.1 Å². The summed E-state index contributed by atoms with van der Waals surface area (Å²) in [7, 11) is 0. The maximum atomic E-state index is 12.1. The van der Waals surface area contributed by atoms with Crippen LogP contribution in [0.15, 0.2) is 23.7 Å². The number of carboxylic acids is 1. The van der Waals surface area contributed by atoms with E-state index in [2.05, 4.69) is 14.7 Å². The number of pyridine rings is 1. The van der Waals surface area contributed by atoms with Crippen molar-refractivity contribution in [2.75, 3.05) is 6.61 Å². The number of aromatic carboxylic acids is 1. The molecule has 2 aromatic heterocycles. The molecule has 0 aliphatic carbocycles. The van der Waals surface area contributed by atoms with Gasteiger partial charge < -0.3 is 9.84 Å². The van der Waals surface area contributed by atoms with Crippen LogP contribution in [-0.4, -0.2) is 33.8 Å². The van der Waals surface area contributed by atoms with E-state index in [9.17, 15) is 18.0 Å². The fourth-order valence-electron chi connectivity index (χ4n) is 1.31. The fourth-order valence-corrected chi connectivity index (χ4v) is 2.12. The second kappa shape index (κ2) is 5.45. The molecule has 0 aliphatic rings. The molecule has 0 aromatic carbocycles. The first kappa shape index (κ1) is 14.3. The second-order valence-electron chi connectivity index (χ2n) is 3.60. The van der Waals surface area contributed by atoms with Gasteiger partial charge in [-0.3, -0.25) is 0 Å². The van der Waals surface area contributed by atoms with E-state index < -0.39 is 18.8 Å². The van der Waals surface area contributed by atoms with Crippen molar-refractivity contribution >= 4 is 17.3 Å². The van der Waals surface area contributed by atoms with Gasteiger partial charge in [-0.2, -0.15) is 13.2 Å². The molecule has 20 heavy (non-hydrogen) atoms. The van der Waals surface area contributed by atoms with Crippen LogP contribution in [0, 0.1) is 0 Å². The zero-order valence-electron chi connectivity index (χ0n) is 9.72. The van der Waals surface area contributed by atoms with Crippen LogP contribution in [0.4, 0.5) is 13.2 Å². The number of hydrogen-bond donors (Lipinski definition) is 1. The van der Waals surface area contributed by atoms with Gasteiger partial charge in [0.05, 0.1) is 5.56 Å². The van der Waals surface area contributed by atoms with Crippen LogP contribution in [0.25, 0.3) is 10.6 Å². The molecular formula is C11H7F3N2O3S. The minimum Gasteiger partial charge on any atom is -0.476 e. The normalized spacial score (nSPS) is 11.3. The molecule has 0 aliphatic heterocycles. The highest BCUT2D eigenvalue weighted by atomic mass is 32.1. The molecular weight excluding hydrogens is 297 g/mol. The Morgan fingerprint density at radius 2 is 2.20 bits per heavy atom. The first-order chi connectivity index (χ1) is 9.37. The molecule has 0 saturated heterocycles. The number of nitrogens with zero attached hydrogens (tertiary/aromatic N) is 2. The molecule has 0 spiro atoms. The largest absolute Gasteiger partial charge is 0.476 e. The van der Waals surface area contributed by atoms with Crippen molar-refractivity contribution in [3.8, 4) is 16.5 Å². The summed E-state index contributed by atoms with van der Waals surface area (Å²) in [6.07, 6.45) is -3.20. The summed E-state index contributed by atoms with van der Waals surface area (Å²) in [6.45, 7) is -1.48. The van der Waals surface area contributed by atoms with Gasteiger partial charge in [-0.25, -0.2) is 14.8 Å². The third kappa shape index (κ3) is 3.44. The van der Waals surface area contributed by atoms with Crippen molar-refractivity contribution in [3.05, 3.63) is 29.4 Å². The quantitative estimate of drug-likeness (QED) is 0.940. The van der Waals surface area contributed by atoms with E-state index in [0.29, 0.717) is 0 Å². The molecule has 5 nitrogen and oxygen atoms in total. The topological polar surface area (TPSA) is 72.3 Å². The third-order valence-electron chi connectivity index (χ3n) is 2.10. The number of halogens is 3. The number of rotatable bonds is 4. The van der Waals surface area contributed by atoms with Crippen LogP contribution in [0.1, 0.15) is 10.5 Å². The molecule has 0 radical (unpaired) electrons. The Hall–Kier alpha value is -2.16. The van der Waals surface area contributed by atoms with Crippen LogP contribution in [0.3, 0.4) is 0 Å². The predicted octanol–water partition coefficient (Wildman–Crippen LogP) is 2.84. The number of thiazole rings is 1. The van der Waals surface area contributed by atoms with Gasteiger partial charge in [0, 0.05) is 11.6 Å². The van der Waals surface area contributed by atoms with Crippen LogP contribution < -0.4 is 4.74 Å². The van der Waals surface area contributed by atoms with Crippen LogP contribution in [0.2, 0.25) is 0 Å². The molecule has 2 heterocycles. The van der Waals surface area contributed by atoms with Crippen molar-refractivity contribution in [2.45, 2.75) is 6.18 Å². The average molecular weight is 304 g/mol. The fraction of sp³-hybridized carbons (Fsp3) is 0.182. The van der Waals surface area contributed by atoms with Crippen molar-refractivity contribution in [1.29, 1.82) is 0 Å². The van der Waals surface area contributed by atoms with E-state index in [0.717, 1.165) is 11.3 Å². The number of hydrogen-bond acceptors (Lipinski definition) is 5. The summed E-state index contributed by atoms with van der Waals surface area (Å²) in [6, 6.07) is 2.96. The molecule has 0 saturated carbocycles. The highest BCUT2D eigenvalue weighted by Crippen LogP contribution is 2.31. The van der Waals surface area contributed by atoms with Crippen molar-refractivity contribution in [2.24, 2.45) is 0 Å². The first-order valence-electron chi connectivity index (χ1n) is 5.20. The van der Waals surface area contributed by atoms with E-state index in [1.54, 1.807) is 0 Å². The maximum absolute atomic E-state index is 12.1. The lowest BCUT2D eigenvalue weighted by atomic mass is 10.3. The van der Waals surface area contributed by atoms with Gasteiger partial charge in [-0.1, -0.05) is 0 Å². The lowest BCUT2D eigenvalue weighted by Crippen LogP contribution is -2.19. The molecule has 0 atom stereocenters.